The monoisotopic (exact) mass is 330 g/mol. The lowest BCUT2D eigenvalue weighted by Gasteiger charge is -2.18. The summed E-state index contributed by atoms with van der Waals surface area (Å²) in [6, 6.07) is 6.52. The zero-order chi connectivity index (χ0) is 14.0. The highest BCUT2D eigenvalue weighted by atomic mass is 79.9. The molecule has 0 amide bonds. The van der Waals surface area contributed by atoms with Crippen molar-refractivity contribution < 1.29 is 13.2 Å². The number of hydrogen-bond donors (Lipinski definition) is 2. The summed E-state index contributed by atoms with van der Waals surface area (Å²) >= 11 is 3.04. The fourth-order valence-corrected chi connectivity index (χ4v) is 2.21. The van der Waals surface area contributed by atoms with Crippen molar-refractivity contribution in [2.24, 2.45) is 5.84 Å². The molecule has 1 unspecified atom stereocenters. The molecule has 2 aromatic rings. The number of rotatable bonds is 3. The van der Waals surface area contributed by atoms with Gasteiger partial charge in [0, 0.05) is 11.1 Å². The molecule has 100 valence electrons. The van der Waals surface area contributed by atoms with Crippen LogP contribution in [0.2, 0.25) is 0 Å². The molecule has 0 saturated carbocycles. The molecule has 0 bridgehead atoms. The standard InChI is InChI=1S/C13H10BrF3N2/c14-10-3-1-2-8(12(10)17)13(19-18)9-6-7(15)4-5-11(9)16/h1-6,13,19H,18H2. The highest BCUT2D eigenvalue weighted by Gasteiger charge is 2.21. The zero-order valence-electron chi connectivity index (χ0n) is 9.63. The van der Waals surface area contributed by atoms with Gasteiger partial charge in [0.15, 0.2) is 0 Å². The van der Waals surface area contributed by atoms with Crippen molar-refractivity contribution in [3.05, 3.63) is 69.4 Å². The molecular weight excluding hydrogens is 321 g/mol. The maximum atomic E-state index is 14.0. The molecule has 0 radical (unpaired) electrons. The minimum Gasteiger partial charge on any atom is -0.271 e. The minimum absolute atomic E-state index is 0.0560. The van der Waals surface area contributed by atoms with Gasteiger partial charge in [-0.3, -0.25) is 5.84 Å². The van der Waals surface area contributed by atoms with Gasteiger partial charge in [0.25, 0.3) is 0 Å². The molecule has 2 rings (SSSR count). The minimum atomic E-state index is -0.979. The van der Waals surface area contributed by atoms with E-state index in [-0.39, 0.29) is 15.6 Å². The maximum Gasteiger partial charge on any atom is 0.142 e. The van der Waals surface area contributed by atoms with Crippen LogP contribution in [0.15, 0.2) is 40.9 Å². The fraction of sp³-hybridized carbons (Fsp3) is 0.0769. The van der Waals surface area contributed by atoms with E-state index in [1.807, 2.05) is 0 Å². The molecule has 2 nitrogen and oxygen atoms in total. The van der Waals surface area contributed by atoms with Crippen LogP contribution in [0.3, 0.4) is 0 Å². The second kappa shape index (κ2) is 5.73. The number of nitrogens with two attached hydrogens (primary N) is 1. The summed E-state index contributed by atoms with van der Waals surface area (Å²) in [5.74, 6) is 3.50. The Hall–Kier alpha value is -1.37. The topological polar surface area (TPSA) is 38.0 Å². The van der Waals surface area contributed by atoms with E-state index in [0.29, 0.717) is 0 Å². The molecule has 0 aliphatic rings. The summed E-state index contributed by atoms with van der Waals surface area (Å²) in [7, 11) is 0. The van der Waals surface area contributed by atoms with Crippen LogP contribution < -0.4 is 11.3 Å². The molecule has 0 aliphatic carbocycles. The van der Waals surface area contributed by atoms with E-state index < -0.39 is 23.5 Å². The molecule has 0 aromatic heterocycles. The Morgan fingerprint density at radius 1 is 1.05 bits per heavy atom. The average Bonchev–Trinajstić information content (AvgIpc) is 2.39. The molecular formula is C13H10BrF3N2. The third-order valence-corrected chi connectivity index (χ3v) is 3.34. The summed E-state index contributed by atoms with van der Waals surface area (Å²) in [6.07, 6.45) is 0. The Morgan fingerprint density at radius 3 is 2.47 bits per heavy atom. The molecule has 0 saturated heterocycles. The molecule has 0 spiro atoms. The Balaban J connectivity index is 2.56. The predicted octanol–water partition coefficient (Wildman–Crippen LogP) is 3.42. The van der Waals surface area contributed by atoms with Crippen LogP contribution in [0.5, 0.6) is 0 Å². The lowest BCUT2D eigenvalue weighted by Crippen LogP contribution is -2.30. The van der Waals surface area contributed by atoms with Crippen molar-refractivity contribution in [3.8, 4) is 0 Å². The first-order valence-corrected chi connectivity index (χ1v) is 6.19. The summed E-state index contributed by atoms with van der Waals surface area (Å²) < 4.78 is 41.2. The molecule has 3 N–H and O–H groups in total. The van der Waals surface area contributed by atoms with Crippen LogP contribution in [-0.4, -0.2) is 0 Å². The second-order valence-electron chi connectivity index (χ2n) is 3.91. The van der Waals surface area contributed by atoms with Crippen LogP contribution in [0, 0.1) is 17.5 Å². The summed E-state index contributed by atoms with van der Waals surface area (Å²) in [6.45, 7) is 0. The molecule has 1 atom stereocenters. The summed E-state index contributed by atoms with van der Waals surface area (Å²) in [4.78, 5) is 0. The third-order valence-electron chi connectivity index (χ3n) is 2.73. The normalized spacial score (nSPS) is 12.5. The van der Waals surface area contributed by atoms with Gasteiger partial charge in [0.2, 0.25) is 0 Å². The van der Waals surface area contributed by atoms with E-state index in [1.165, 1.54) is 12.1 Å². The van der Waals surface area contributed by atoms with E-state index >= 15 is 0 Å². The first-order chi connectivity index (χ1) is 9.04. The van der Waals surface area contributed by atoms with Gasteiger partial charge >= 0.3 is 0 Å². The van der Waals surface area contributed by atoms with Crippen molar-refractivity contribution in [1.82, 2.24) is 5.43 Å². The fourth-order valence-electron chi connectivity index (χ4n) is 1.83. The lowest BCUT2D eigenvalue weighted by atomic mass is 9.98. The first kappa shape index (κ1) is 14.0. The summed E-state index contributed by atoms with van der Waals surface area (Å²) in [5, 5.41) is 0. The zero-order valence-corrected chi connectivity index (χ0v) is 11.2. The molecule has 0 aliphatic heterocycles. The van der Waals surface area contributed by atoms with E-state index in [2.05, 4.69) is 21.4 Å². The van der Waals surface area contributed by atoms with Crippen molar-refractivity contribution in [1.29, 1.82) is 0 Å². The third kappa shape index (κ3) is 2.80. The molecule has 0 heterocycles. The Morgan fingerprint density at radius 2 is 1.79 bits per heavy atom. The van der Waals surface area contributed by atoms with Crippen molar-refractivity contribution >= 4 is 15.9 Å². The van der Waals surface area contributed by atoms with Crippen molar-refractivity contribution in [2.75, 3.05) is 0 Å². The molecule has 19 heavy (non-hydrogen) atoms. The highest BCUT2D eigenvalue weighted by Crippen LogP contribution is 2.29. The van der Waals surface area contributed by atoms with Gasteiger partial charge in [-0.1, -0.05) is 12.1 Å². The van der Waals surface area contributed by atoms with Gasteiger partial charge in [-0.15, -0.1) is 0 Å². The van der Waals surface area contributed by atoms with Crippen LogP contribution in [0.1, 0.15) is 17.2 Å². The number of hydrogen-bond acceptors (Lipinski definition) is 2. The van der Waals surface area contributed by atoms with Crippen molar-refractivity contribution in [2.45, 2.75) is 6.04 Å². The quantitative estimate of drug-likeness (QED) is 0.668. The largest absolute Gasteiger partial charge is 0.271 e. The molecule has 0 fully saturated rings. The molecule has 2 aromatic carbocycles. The van der Waals surface area contributed by atoms with Gasteiger partial charge in [-0.2, -0.15) is 0 Å². The van der Waals surface area contributed by atoms with E-state index in [1.54, 1.807) is 6.07 Å². The summed E-state index contributed by atoms with van der Waals surface area (Å²) in [5.41, 5.74) is 2.37. The SMILES string of the molecule is NNC(c1cc(F)ccc1F)c1cccc(Br)c1F. The maximum absolute atomic E-state index is 14.0. The number of nitrogens with one attached hydrogen (secondary N) is 1. The van der Waals surface area contributed by atoms with Gasteiger partial charge in [-0.25, -0.2) is 18.6 Å². The van der Waals surface area contributed by atoms with Crippen LogP contribution in [-0.2, 0) is 0 Å². The Bertz CT molecular complexity index is 602. The Kier molecular flexibility index (Phi) is 4.24. The van der Waals surface area contributed by atoms with Crippen LogP contribution >= 0.6 is 15.9 Å². The smallest absolute Gasteiger partial charge is 0.142 e. The van der Waals surface area contributed by atoms with Crippen molar-refractivity contribution in [3.63, 3.8) is 0 Å². The van der Waals surface area contributed by atoms with E-state index in [9.17, 15) is 13.2 Å². The first-order valence-electron chi connectivity index (χ1n) is 5.39. The number of halogens is 4. The van der Waals surface area contributed by atoms with Gasteiger partial charge in [-0.05, 0) is 40.2 Å². The molecule has 6 heteroatoms. The average molecular weight is 331 g/mol. The van der Waals surface area contributed by atoms with E-state index in [4.69, 9.17) is 5.84 Å². The van der Waals surface area contributed by atoms with Gasteiger partial charge < -0.3 is 0 Å². The van der Waals surface area contributed by atoms with Crippen LogP contribution in [0.25, 0.3) is 0 Å². The highest BCUT2D eigenvalue weighted by molar-refractivity contribution is 9.10. The van der Waals surface area contributed by atoms with Crippen LogP contribution in [0.4, 0.5) is 13.2 Å². The van der Waals surface area contributed by atoms with Gasteiger partial charge in [0.05, 0.1) is 10.5 Å². The second-order valence-corrected chi connectivity index (χ2v) is 4.76. The van der Waals surface area contributed by atoms with Gasteiger partial charge in [0.1, 0.15) is 17.5 Å². The lowest BCUT2D eigenvalue weighted by molar-refractivity contribution is 0.521. The van der Waals surface area contributed by atoms with E-state index in [0.717, 1.165) is 18.2 Å². The number of benzene rings is 2. The predicted molar refractivity (Wildman–Crippen MR) is 69.6 cm³/mol. The Labute approximate surface area is 116 Å². The number of hydrazine groups is 1.